The summed E-state index contributed by atoms with van der Waals surface area (Å²) in [6.45, 7) is 0. The minimum Gasteiger partial charge on any atom is -0.354 e. The SMILES string of the molecule is NNc1ccccc1Nc1ccccc1. The maximum absolute atomic E-state index is 5.41. The summed E-state index contributed by atoms with van der Waals surface area (Å²) in [4.78, 5) is 0. The van der Waals surface area contributed by atoms with Crippen molar-refractivity contribution in [2.45, 2.75) is 0 Å². The van der Waals surface area contributed by atoms with Gasteiger partial charge in [0.05, 0.1) is 11.4 Å². The van der Waals surface area contributed by atoms with E-state index in [-0.39, 0.29) is 0 Å². The number of hydrazine groups is 1. The van der Waals surface area contributed by atoms with Crippen molar-refractivity contribution < 1.29 is 0 Å². The molecule has 2 rings (SSSR count). The predicted molar refractivity (Wildman–Crippen MR) is 64.0 cm³/mol. The number of hydrogen-bond acceptors (Lipinski definition) is 3. The third kappa shape index (κ3) is 2.27. The second kappa shape index (κ2) is 4.48. The molecule has 0 bridgehead atoms. The Kier molecular flexibility index (Phi) is 2.85. The molecule has 0 aliphatic heterocycles. The average Bonchev–Trinajstić information content (AvgIpc) is 2.31. The van der Waals surface area contributed by atoms with Gasteiger partial charge in [0.1, 0.15) is 0 Å². The lowest BCUT2D eigenvalue weighted by molar-refractivity contribution is 1.35. The van der Waals surface area contributed by atoms with E-state index in [1.807, 2.05) is 54.6 Å². The molecule has 0 heterocycles. The van der Waals surface area contributed by atoms with Crippen molar-refractivity contribution in [3.8, 4) is 0 Å². The fraction of sp³-hybridized carbons (Fsp3) is 0. The normalized spacial score (nSPS) is 9.67. The Hall–Kier alpha value is -2.00. The van der Waals surface area contributed by atoms with Gasteiger partial charge in [-0.3, -0.25) is 5.84 Å². The molecule has 0 saturated heterocycles. The van der Waals surface area contributed by atoms with Gasteiger partial charge in [0.2, 0.25) is 0 Å². The summed E-state index contributed by atoms with van der Waals surface area (Å²) in [5.74, 6) is 5.41. The van der Waals surface area contributed by atoms with Gasteiger partial charge < -0.3 is 10.7 Å². The summed E-state index contributed by atoms with van der Waals surface area (Å²) >= 11 is 0. The minimum atomic E-state index is 0.876. The highest BCUT2D eigenvalue weighted by atomic mass is 15.2. The van der Waals surface area contributed by atoms with Crippen molar-refractivity contribution >= 4 is 17.1 Å². The third-order valence-corrected chi connectivity index (χ3v) is 2.14. The van der Waals surface area contributed by atoms with Crippen LogP contribution in [0.1, 0.15) is 0 Å². The molecule has 0 radical (unpaired) electrons. The van der Waals surface area contributed by atoms with Crippen molar-refractivity contribution in [3.63, 3.8) is 0 Å². The number of benzene rings is 2. The molecule has 0 saturated carbocycles. The van der Waals surface area contributed by atoms with E-state index in [1.165, 1.54) is 0 Å². The Morgan fingerprint density at radius 1 is 0.733 bits per heavy atom. The van der Waals surface area contributed by atoms with Gasteiger partial charge in [-0.05, 0) is 24.3 Å². The van der Waals surface area contributed by atoms with Crippen molar-refractivity contribution in [1.82, 2.24) is 0 Å². The van der Waals surface area contributed by atoms with Crippen LogP contribution in [0.25, 0.3) is 0 Å². The Bertz CT molecular complexity index is 426. The Labute approximate surface area is 88.9 Å². The summed E-state index contributed by atoms with van der Waals surface area (Å²) in [6, 6.07) is 17.8. The monoisotopic (exact) mass is 199 g/mol. The Balaban J connectivity index is 2.24. The zero-order valence-corrected chi connectivity index (χ0v) is 8.27. The van der Waals surface area contributed by atoms with E-state index in [9.17, 15) is 0 Å². The van der Waals surface area contributed by atoms with Crippen LogP contribution in [0.3, 0.4) is 0 Å². The summed E-state index contributed by atoms with van der Waals surface area (Å²) in [5.41, 5.74) is 5.54. The van der Waals surface area contributed by atoms with Crippen LogP contribution in [0, 0.1) is 0 Å². The van der Waals surface area contributed by atoms with Crippen LogP contribution in [-0.2, 0) is 0 Å². The summed E-state index contributed by atoms with van der Waals surface area (Å²) in [7, 11) is 0. The molecule has 0 aromatic heterocycles. The lowest BCUT2D eigenvalue weighted by Gasteiger charge is -2.10. The lowest BCUT2D eigenvalue weighted by Crippen LogP contribution is -2.08. The van der Waals surface area contributed by atoms with Crippen LogP contribution >= 0.6 is 0 Å². The highest BCUT2D eigenvalue weighted by molar-refractivity contribution is 5.73. The quantitative estimate of drug-likeness (QED) is 0.526. The number of anilines is 3. The fourth-order valence-corrected chi connectivity index (χ4v) is 1.39. The molecule has 0 spiro atoms. The molecule has 0 unspecified atom stereocenters. The average molecular weight is 199 g/mol. The molecular formula is C12H13N3. The minimum absolute atomic E-state index is 0.876. The van der Waals surface area contributed by atoms with Gasteiger partial charge in [-0.15, -0.1) is 0 Å². The number of rotatable bonds is 3. The van der Waals surface area contributed by atoms with Crippen LogP contribution in [0.4, 0.5) is 17.1 Å². The fourth-order valence-electron chi connectivity index (χ4n) is 1.39. The van der Waals surface area contributed by atoms with E-state index in [0.29, 0.717) is 0 Å². The molecule has 0 aliphatic rings. The molecule has 4 N–H and O–H groups in total. The van der Waals surface area contributed by atoms with Crippen LogP contribution in [-0.4, -0.2) is 0 Å². The predicted octanol–water partition coefficient (Wildman–Crippen LogP) is 2.72. The van der Waals surface area contributed by atoms with E-state index in [4.69, 9.17) is 5.84 Å². The summed E-state index contributed by atoms with van der Waals surface area (Å²) in [5, 5.41) is 3.28. The van der Waals surface area contributed by atoms with E-state index in [1.54, 1.807) is 0 Å². The number of nitrogen functional groups attached to an aromatic ring is 1. The molecule has 3 heteroatoms. The molecule has 0 amide bonds. The van der Waals surface area contributed by atoms with E-state index in [0.717, 1.165) is 17.1 Å². The second-order valence-corrected chi connectivity index (χ2v) is 3.18. The van der Waals surface area contributed by atoms with Crippen LogP contribution in [0.5, 0.6) is 0 Å². The molecule has 15 heavy (non-hydrogen) atoms. The molecule has 0 fully saturated rings. The third-order valence-electron chi connectivity index (χ3n) is 2.14. The van der Waals surface area contributed by atoms with E-state index in [2.05, 4.69) is 10.7 Å². The first kappa shape index (κ1) is 9.55. The second-order valence-electron chi connectivity index (χ2n) is 3.18. The van der Waals surface area contributed by atoms with Gasteiger partial charge in [-0.2, -0.15) is 0 Å². The molecule has 3 nitrogen and oxygen atoms in total. The maximum Gasteiger partial charge on any atom is 0.0721 e. The maximum atomic E-state index is 5.41. The van der Waals surface area contributed by atoms with E-state index < -0.39 is 0 Å². The van der Waals surface area contributed by atoms with Crippen LogP contribution in [0.2, 0.25) is 0 Å². The largest absolute Gasteiger partial charge is 0.354 e. The summed E-state index contributed by atoms with van der Waals surface area (Å²) < 4.78 is 0. The first-order valence-electron chi connectivity index (χ1n) is 4.78. The molecular weight excluding hydrogens is 186 g/mol. The van der Waals surface area contributed by atoms with E-state index >= 15 is 0 Å². The van der Waals surface area contributed by atoms with Gasteiger partial charge in [0, 0.05) is 5.69 Å². The van der Waals surface area contributed by atoms with Crippen molar-refractivity contribution in [3.05, 3.63) is 54.6 Å². The zero-order chi connectivity index (χ0) is 10.5. The smallest absolute Gasteiger partial charge is 0.0721 e. The highest BCUT2D eigenvalue weighted by Crippen LogP contribution is 2.23. The molecule has 0 aliphatic carbocycles. The number of nitrogens with two attached hydrogens (primary N) is 1. The van der Waals surface area contributed by atoms with Gasteiger partial charge in [-0.1, -0.05) is 30.3 Å². The molecule has 0 atom stereocenters. The molecule has 2 aromatic carbocycles. The molecule has 2 aromatic rings. The van der Waals surface area contributed by atoms with Gasteiger partial charge in [0.25, 0.3) is 0 Å². The zero-order valence-electron chi connectivity index (χ0n) is 8.27. The van der Waals surface area contributed by atoms with Gasteiger partial charge >= 0.3 is 0 Å². The van der Waals surface area contributed by atoms with Crippen molar-refractivity contribution in [2.24, 2.45) is 5.84 Å². The van der Waals surface area contributed by atoms with Crippen molar-refractivity contribution in [2.75, 3.05) is 10.7 Å². The standard InChI is InChI=1S/C12H13N3/c13-15-12-9-5-4-8-11(12)14-10-6-2-1-3-7-10/h1-9,14-15H,13H2. The first-order chi connectivity index (χ1) is 7.40. The summed E-state index contributed by atoms with van der Waals surface area (Å²) in [6.07, 6.45) is 0. The van der Waals surface area contributed by atoms with Crippen molar-refractivity contribution in [1.29, 1.82) is 0 Å². The number of hydrogen-bond donors (Lipinski definition) is 3. The Morgan fingerprint density at radius 2 is 1.33 bits per heavy atom. The van der Waals surface area contributed by atoms with Gasteiger partial charge in [-0.25, -0.2) is 0 Å². The first-order valence-corrected chi connectivity index (χ1v) is 4.78. The van der Waals surface area contributed by atoms with Crippen LogP contribution in [0.15, 0.2) is 54.6 Å². The Morgan fingerprint density at radius 3 is 2.00 bits per heavy atom. The topological polar surface area (TPSA) is 50.1 Å². The number of nitrogens with one attached hydrogen (secondary N) is 2. The molecule has 76 valence electrons. The van der Waals surface area contributed by atoms with Crippen LogP contribution < -0.4 is 16.6 Å². The van der Waals surface area contributed by atoms with Gasteiger partial charge in [0.15, 0.2) is 0 Å². The highest BCUT2D eigenvalue weighted by Gasteiger charge is 1.98. The lowest BCUT2D eigenvalue weighted by atomic mass is 10.2. The number of para-hydroxylation sites is 3.